The van der Waals surface area contributed by atoms with Gasteiger partial charge in [0.1, 0.15) is 5.75 Å². The molecule has 0 aliphatic carbocycles. The van der Waals surface area contributed by atoms with Crippen molar-refractivity contribution >= 4 is 5.91 Å². The molecule has 0 bridgehead atoms. The lowest BCUT2D eigenvalue weighted by Gasteiger charge is -2.08. The lowest BCUT2D eigenvalue weighted by Crippen LogP contribution is -2.27. The number of amides is 1. The first-order valence-electron chi connectivity index (χ1n) is 6.75. The predicted molar refractivity (Wildman–Crippen MR) is 79.7 cm³/mol. The summed E-state index contributed by atoms with van der Waals surface area (Å²) in [5, 5.41) is 12.5. The zero-order chi connectivity index (χ0) is 14.4. The first-order chi connectivity index (χ1) is 9.66. The standard InChI is InChI=1S/C17H19NO2/c1-13-6-2-3-7-14(13)10-11-18-17(20)12-15-8-4-5-9-16(15)19/h2-9,19H,10-12H2,1H3,(H,18,20). The smallest absolute Gasteiger partial charge is 0.224 e. The van der Waals surface area contributed by atoms with E-state index < -0.39 is 0 Å². The Kier molecular flexibility index (Phi) is 4.77. The largest absolute Gasteiger partial charge is 0.508 e. The SMILES string of the molecule is Cc1ccccc1CCNC(=O)Cc1ccccc1O. The van der Waals surface area contributed by atoms with Gasteiger partial charge in [0.15, 0.2) is 0 Å². The Morgan fingerprint density at radius 3 is 2.40 bits per heavy atom. The number of hydrogen-bond acceptors (Lipinski definition) is 2. The second-order valence-corrected chi connectivity index (χ2v) is 4.83. The van der Waals surface area contributed by atoms with Gasteiger partial charge in [-0.1, -0.05) is 42.5 Å². The van der Waals surface area contributed by atoms with Gasteiger partial charge in [-0.25, -0.2) is 0 Å². The number of carbonyl (C=O) groups excluding carboxylic acids is 1. The lowest BCUT2D eigenvalue weighted by molar-refractivity contribution is -0.120. The molecular formula is C17H19NO2. The van der Waals surface area contributed by atoms with E-state index in [9.17, 15) is 9.90 Å². The van der Waals surface area contributed by atoms with Crippen LogP contribution in [0, 0.1) is 6.92 Å². The van der Waals surface area contributed by atoms with Crippen molar-refractivity contribution in [3.05, 3.63) is 65.2 Å². The topological polar surface area (TPSA) is 49.3 Å². The zero-order valence-corrected chi connectivity index (χ0v) is 11.6. The van der Waals surface area contributed by atoms with E-state index in [1.165, 1.54) is 11.1 Å². The molecule has 0 aliphatic rings. The lowest BCUT2D eigenvalue weighted by atomic mass is 10.1. The summed E-state index contributed by atoms with van der Waals surface area (Å²) in [4.78, 5) is 11.8. The molecule has 0 saturated carbocycles. The van der Waals surface area contributed by atoms with Crippen LogP contribution in [0.15, 0.2) is 48.5 Å². The second kappa shape index (κ2) is 6.75. The number of phenols is 1. The Balaban J connectivity index is 1.82. The molecule has 3 nitrogen and oxygen atoms in total. The van der Waals surface area contributed by atoms with Gasteiger partial charge in [0.05, 0.1) is 6.42 Å². The molecule has 20 heavy (non-hydrogen) atoms. The Morgan fingerprint density at radius 2 is 1.70 bits per heavy atom. The van der Waals surface area contributed by atoms with Crippen molar-refractivity contribution in [3.63, 3.8) is 0 Å². The molecule has 2 rings (SSSR count). The van der Waals surface area contributed by atoms with Crippen LogP contribution in [0.4, 0.5) is 0 Å². The molecule has 104 valence electrons. The van der Waals surface area contributed by atoms with Crippen molar-refractivity contribution in [1.29, 1.82) is 0 Å². The highest BCUT2D eigenvalue weighted by molar-refractivity contribution is 5.79. The van der Waals surface area contributed by atoms with Crippen molar-refractivity contribution in [1.82, 2.24) is 5.32 Å². The van der Waals surface area contributed by atoms with Crippen LogP contribution in [0.5, 0.6) is 5.75 Å². The van der Waals surface area contributed by atoms with E-state index in [1.807, 2.05) is 18.2 Å². The minimum Gasteiger partial charge on any atom is -0.508 e. The number of rotatable bonds is 5. The van der Waals surface area contributed by atoms with E-state index in [1.54, 1.807) is 18.2 Å². The van der Waals surface area contributed by atoms with E-state index in [2.05, 4.69) is 24.4 Å². The maximum Gasteiger partial charge on any atom is 0.224 e. The first-order valence-corrected chi connectivity index (χ1v) is 6.75. The Labute approximate surface area is 119 Å². The molecule has 0 spiro atoms. The molecule has 3 heteroatoms. The predicted octanol–water partition coefficient (Wildman–Crippen LogP) is 2.60. The summed E-state index contributed by atoms with van der Waals surface area (Å²) in [6, 6.07) is 15.1. The van der Waals surface area contributed by atoms with Gasteiger partial charge in [0, 0.05) is 12.1 Å². The number of para-hydroxylation sites is 1. The fourth-order valence-electron chi connectivity index (χ4n) is 2.12. The summed E-state index contributed by atoms with van der Waals surface area (Å²) in [6.45, 7) is 2.68. The Hall–Kier alpha value is -2.29. The summed E-state index contributed by atoms with van der Waals surface area (Å²) < 4.78 is 0. The van der Waals surface area contributed by atoms with Crippen LogP contribution in [0.1, 0.15) is 16.7 Å². The average molecular weight is 269 g/mol. The van der Waals surface area contributed by atoms with E-state index in [4.69, 9.17) is 0 Å². The number of nitrogens with one attached hydrogen (secondary N) is 1. The highest BCUT2D eigenvalue weighted by atomic mass is 16.3. The number of benzene rings is 2. The number of hydrogen-bond donors (Lipinski definition) is 2. The van der Waals surface area contributed by atoms with Gasteiger partial charge in [0.25, 0.3) is 0 Å². The number of phenolic OH excluding ortho intramolecular Hbond substituents is 1. The van der Waals surface area contributed by atoms with Gasteiger partial charge >= 0.3 is 0 Å². The van der Waals surface area contributed by atoms with Crippen molar-refractivity contribution in [3.8, 4) is 5.75 Å². The molecular weight excluding hydrogens is 250 g/mol. The third kappa shape index (κ3) is 3.85. The maximum atomic E-state index is 11.8. The van der Waals surface area contributed by atoms with Crippen LogP contribution in [0.2, 0.25) is 0 Å². The summed E-state index contributed by atoms with van der Waals surface area (Å²) >= 11 is 0. The van der Waals surface area contributed by atoms with Crippen LogP contribution in [-0.4, -0.2) is 17.6 Å². The minimum atomic E-state index is -0.0694. The normalized spacial score (nSPS) is 10.2. The molecule has 0 heterocycles. The monoisotopic (exact) mass is 269 g/mol. The molecule has 2 N–H and O–H groups in total. The van der Waals surface area contributed by atoms with Crippen LogP contribution >= 0.6 is 0 Å². The molecule has 1 amide bonds. The number of aromatic hydroxyl groups is 1. The quantitative estimate of drug-likeness (QED) is 0.876. The van der Waals surface area contributed by atoms with E-state index in [-0.39, 0.29) is 18.1 Å². The molecule has 0 fully saturated rings. The summed E-state index contributed by atoms with van der Waals surface area (Å²) in [7, 11) is 0. The van der Waals surface area contributed by atoms with Crippen LogP contribution in [0.3, 0.4) is 0 Å². The highest BCUT2D eigenvalue weighted by Gasteiger charge is 2.06. The third-order valence-corrected chi connectivity index (χ3v) is 3.32. The fourth-order valence-corrected chi connectivity index (χ4v) is 2.12. The van der Waals surface area contributed by atoms with Gasteiger partial charge in [-0.05, 0) is 30.5 Å². The van der Waals surface area contributed by atoms with Crippen LogP contribution in [0.25, 0.3) is 0 Å². The van der Waals surface area contributed by atoms with Crippen LogP contribution in [-0.2, 0) is 17.6 Å². The van der Waals surface area contributed by atoms with Crippen molar-refractivity contribution < 1.29 is 9.90 Å². The summed E-state index contributed by atoms with van der Waals surface area (Å²) in [5.74, 6) is 0.0987. The van der Waals surface area contributed by atoms with Gasteiger partial charge < -0.3 is 10.4 Å². The average Bonchev–Trinajstić information content (AvgIpc) is 2.43. The first kappa shape index (κ1) is 14.1. The molecule has 0 atom stereocenters. The van der Waals surface area contributed by atoms with E-state index in [0.29, 0.717) is 12.1 Å². The zero-order valence-electron chi connectivity index (χ0n) is 11.6. The van der Waals surface area contributed by atoms with Crippen molar-refractivity contribution in [2.45, 2.75) is 19.8 Å². The number of aryl methyl sites for hydroxylation is 1. The molecule has 2 aromatic rings. The van der Waals surface area contributed by atoms with Gasteiger partial charge in [-0.2, -0.15) is 0 Å². The Morgan fingerprint density at radius 1 is 1.05 bits per heavy atom. The molecule has 0 radical (unpaired) electrons. The van der Waals surface area contributed by atoms with Crippen LogP contribution < -0.4 is 5.32 Å². The van der Waals surface area contributed by atoms with E-state index >= 15 is 0 Å². The minimum absolute atomic E-state index is 0.0694. The van der Waals surface area contributed by atoms with Gasteiger partial charge in [-0.3, -0.25) is 4.79 Å². The second-order valence-electron chi connectivity index (χ2n) is 4.83. The molecule has 0 aromatic heterocycles. The Bertz CT molecular complexity index is 593. The molecule has 0 unspecified atom stereocenters. The number of carbonyl (C=O) groups is 1. The third-order valence-electron chi connectivity index (χ3n) is 3.32. The van der Waals surface area contributed by atoms with Gasteiger partial charge in [0.2, 0.25) is 5.91 Å². The molecule has 2 aromatic carbocycles. The highest BCUT2D eigenvalue weighted by Crippen LogP contribution is 2.15. The fraction of sp³-hybridized carbons (Fsp3) is 0.235. The van der Waals surface area contributed by atoms with E-state index in [0.717, 1.165) is 6.42 Å². The maximum absolute atomic E-state index is 11.8. The summed E-state index contributed by atoms with van der Waals surface area (Å²) in [5.41, 5.74) is 3.14. The molecule has 0 saturated heterocycles. The van der Waals surface area contributed by atoms with Crippen molar-refractivity contribution in [2.24, 2.45) is 0 Å². The van der Waals surface area contributed by atoms with Crippen molar-refractivity contribution in [2.75, 3.05) is 6.54 Å². The summed E-state index contributed by atoms with van der Waals surface area (Å²) in [6.07, 6.45) is 1.03. The van der Waals surface area contributed by atoms with Gasteiger partial charge in [-0.15, -0.1) is 0 Å². The molecule has 0 aliphatic heterocycles.